The number of rotatable bonds is 3. The summed E-state index contributed by atoms with van der Waals surface area (Å²) < 4.78 is 10.6. The van der Waals surface area contributed by atoms with Crippen LogP contribution in [0.2, 0.25) is 0 Å². The second-order valence-electron chi connectivity index (χ2n) is 5.43. The molecule has 0 unspecified atom stereocenters. The van der Waals surface area contributed by atoms with Gasteiger partial charge in [-0.3, -0.25) is 4.79 Å². The lowest BCUT2D eigenvalue weighted by molar-refractivity contribution is -0.136. The van der Waals surface area contributed by atoms with Gasteiger partial charge in [0.25, 0.3) is 5.91 Å². The van der Waals surface area contributed by atoms with Gasteiger partial charge in [-0.1, -0.05) is 6.42 Å². The lowest BCUT2D eigenvalue weighted by Gasteiger charge is -2.22. The van der Waals surface area contributed by atoms with Gasteiger partial charge in [0.05, 0.1) is 17.6 Å². The Morgan fingerprint density at radius 2 is 2.25 bits per heavy atom. The first-order valence-corrected chi connectivity index (χ1v) is 8.24. The third kappa shape index (κ3) is 3.40. The molecular weight excluding hydrogens is 274 g/mol. The highest BCUT2D eigenvalue weighted by Gasteiger charge is 2.19. The predicted octanol–water partition coefficient (Wildman–Crippen LogP) is 2.51. The van der Waals surface area contributed by atoms with Crippen LogP contribution in [0.3, 0.4) is 0 Å². The largest absolute Gasteiger partial charge is 0.355 e. The van der Waals surface area contributed by atoms with Crippen LogP contribution >= 0.6 is 11.3 Å². The van der Waals surface area contributed by atoms with Crippen molar-refractivity contribution in [2.75, 3.05) is 19.9 Å². The van der Waals surface area contributed by atoms with Crippen LogP contribution < -0.4 is 5.32 Å². The number of aryl methyl sites for hydroxylation is 2. The number of amides is 1. The molecule has 1 aliphatic heterocycles. The first kappa shape index (κ1) is 14.0. The van der Waals surface area contributed by atoms with Crippen molar-refractivity contribution in [3.8, 4) is 0 Å². The first-order valence-electron chi connectivity index (χ1n) is 7.42. The van der Waals surface area contributed by atoms with Crippen LogP contribution in [0.1, 0.15) is 45.8 Å². The van der Waals surface area contributed by atoms with Crippen molar-refractivity contribution in [3.63, 3.8) is 0 Å². The summed E-state index contributed by atoms with van der Waals surface area (Å²) >= 11 is 1.67. The molecular formula is C15H21NO3S. The fourth-order valence-electron chi connectivity index (χ4n) is 2.74. The molecule has 1 aromatic rings. The van der Waals surface area contributed by atoms with Crippen LogP contribution in [-0.2, 0) is 22.3 Å². The summed E-state index contributed by atoms with van der Waals surface area (Å²) in [6.45, 7) is 1.63. The number of hydrogen-bond donors (Lipinski definition) is 1. The highest BCUT2D eigenvalue weighted by atomic mass is 32.1. The Morgan fingerprint density at radius 1 is 1.35 bits per heavy atom. The molecule has 1 N–H and O–H groups in total. The number of carbonyl (C=O) groups is 1. The van der Waals surface area contributed by atoms with E-state index in [4.69, 9.17) is 9.47 Å². The van der Waals surface area contributed by atoms with E-state index in [-0.39, 0.29) is 12.0 Å². The molecule has 0 spiro atoms. The van der Waals surface area contributed by atoms with E-state index in [2.05, 4.69) is 11.4 Å². The van der Waals surface area contributed by atoms with Gasteiger partial charge in [0.1, 0.15) is 6.79 Å². The summed E-state index contributed by atoms with van der Waals surface area (Å²) in [4.78, 5) is 14.5. The number of thiophene rings is 1. The number of hydrogen-bond acceptors (Lipinski definition) is 4. The molecule has 20 heavy (non-hydrogen) atoms. The molecule has 1 aromatic heterocycles. The predicted molar refractivity (Wildman–Crippen MR) is 78.2 cm³/mol. The summed E-state index contributed by atoms with van der Waals surface area (Å²) in [5, 5.41) is 2.98. The van der Waals surface area contributed by atoms with E-state index in [9.17, 15) is 4.79 Å². The Bertz CT molecular complexity index is 442. The van der Waals surface area contributed by atoms with E-state index in [1.807, 2.05) is 0 Å². The second-order valence-corrected chi connectivity index (χ2v) is 6.57. The Morgan fingerprint density at radius 3 is 3.10 bits per heavy atom. The average Bonchev–Trinajstić information content (AvgIpc) is 2.77. The monoisotopic (exact) mass is 295 g/mol. The molecule has 2 aliphatic rings. The maximum Gasteiger partial charge on any atom is 0.261 e. The van der Waals surface area contributed by atoms with E-state index in [0.29, 0.717) is 19.9 Å². The zero-order valence-electron chi connectivity index (χ0n) is 11.7. The molecule has 0 radical (unpaired) electrons. The molecule has 1 fully saturated rings. The van der Waals surface area contributed by atoms with Gasteiger partial charge < -0.3 is 14.8 Å². The zero-order chi connectivity index (χ0) is 13.8. The molecule has 5 heteroatoms. The molecule has 0 aromatic carbocycles. The Kier molecular flexibility index (Phi) is 4.70. The van der Waals surface area contributed by atoms with Crippen molar-refractivity contribution in [1.29, 1.82) is 0 Å². The highest BCUT2D eigenvalue weighted by Crippen LogP contribution is 2.28. The summed E-state index contributed by atoms with van der Waals surface area (Å²) in [5.41, 5.74) is 1.39. The number of ether oxygens (including phenoxy) is 2. The molecule has 1 amide bonds. The third-order valence-corrected chi connectivity index (χ3v) is 5.17. The lowest BCUT2D eigenvalue weighted by atomic mass is 10.1. The minimum Gasteiger partial charge on any atom is -0.355 e. The van der Waals surface area contributed by atoms with E-state index in [1.165, 1.54) is 29.7 Å². The lowest BCUT2D eigenvalue weighted by Crippen LogP contribution is -2.36. The van der Waals surface area contributed by atoms with E-state index < -0.39 is 0 Å². The van der Waals surface area contributed by atoms with Gasteiger partial charge in [0.15, 0.2) is 0 Å². The van der Waals surface area contributed by atoms with Crippen molar-refractivity contribution in [2.24, 2.45) is 0 Å². The minimum absolute atomic E-state index is 0.0400. The average molecular weight is 295 g/mol. The standard InChI is InChI=1S/C15H21NO3S/c17-15(16-9-12-6-7-18-10-19-12)14-8-11-4-2-1-3-5-13(11)20-14/h8,12H,1-7,9-10H2,(H,16,17)/t12-/m0/s1. The fraction of sp³-hybridized carbons (Fsp3) is 0.667. The van der Waals surface area contributed by atoms with Crippen LogP contribution in [0.4, 0.5) is 0 Å². The van der Waals surface area contributed by atoms with Crippen LogP contribution in [0, 0.1) is 0 Å². The molecule has 110 valence electrons. The van der Waals surface area contributed by atoms with Crippen LogP contribution in [0.5, 0.6) is 0 Å². The smallest absolute Gasteiger partial charge is 0.261 e. The third-order valence-electron chi connectivity index (χ3n) is 3.93. The normalized spacial score (nSPS) is 22.9. The molecule has 2 heterocycles. The van der Waals surface area contributed by atoms with Gasteiger partial charge >= 0.3 is 0 Å². The maximum absolute atomic E-state index is 12.2. The summed E-state index contributed by atoms with van der Waals surface area (Å²) in [6.07, 6.45) is 7.01. The van der Waals surface area contributed by atoms with Gasteiger partial charge in [-0.25, -0.2) is 0 Å². The van der Waals surface area contributed by atoms with Crippen molar-refractivity contribution >= 4 is 17.2 Å². The Labute approximate surface area is 123 Å². The minimum atomic E-state index is 0.0400. The SMILES string of the molecule is O=C(NC[C@@H]1CCOCO1)c1cc2c(s1)CCCCC2. The first-order chi connectivity index (χ1) is 9.83. The van der Waals surface area contributed by atoms with Gasteiger partial charge in [-0.05, 0) is 43.7 Å². The summed E-state index contributed by atoms with van der Waals surface area (Å²) in [6, 6.07) is 2.09. The van der Waals surface area contributed by atoms with Crippen molar-refractivity contribution in [2.45, 2.75) is 44.6 Å². The summed E-state index contributed by atoms with van der Waals surface area (Å²) in [5.74, 6) is 0.0400. The van der Waals surface area contributed by atoms with Crippen LogP contribution in [-0.4, -0.2) is 32.0 Å². The fourth-order valence-corrected chi connectivity index (χ4v) is 3.91. The Hall–Kier alpha value is -0.910. The van der Waals surface area contributed by atoms with Crippen molar-refractivity contribution in [1.82, 2.24) is 5.32 Å². The van der Waals surface area contributed by atoms with Gasteiger partial charge in [0.2, 0.25) is 0 Å². The van der Waals surface area contributed by atoms with Crippen molar-refractivity contribution < 1.29 is 14.3 Å². The van der Waals surface area contributed by atoms with Gasteiger partial charge in [-0.15, -0.1) is 11.3 Å². The van der Waals surface area contributed by atoms with Crippen molar-refractivity contribution in [3.05, 3.63) is 21.4 Å². The molecule has 3 rings (SSSR count). The second kappa shape index (κ2) is 6.70. The van der Waals surface area contributed by atoms with Crippen LogP contribution in [0.15, 0.2) is 6.07 Å². The van der Waals surface area contributed by atoms with E-state index in [1.54, 1.807) is 11.3 Å². The van der Waals surface area contributed by atoms with Crippen LogP contribution in [0.25, 0.3) is 0 Å². The van der Waals surface area contributed by atoms with E-state index >= 15 is 0 Å². The molecule has 0 saturated carbocycles. The highest BCUT2D eigenvalue weighted by molar-refractivity contribution is 7.14. The zero-order valence-corrected chi connectivity index (χ0v) is 12.5. The number of nitrogens with one attached hydrogen (secondary N) is 1. The summed E-state index contributed by atoms with van der Waals surface area (Å²) in [7, 11) is 0. The molecule has 0 bridgehead atoms. The van der Waals surface area contributed by atoms with Gasteiger partial charge in [0, 0.05) is 11.4 Å². The molecule has 4 nitrogen and oxygen atoms in total. The maximum atomic E-state index is 12.2. The molecule has 1 atom stereocenters. The Balaban J connectivity index is 1.56. The van der Waals surface area contributed by atoms with E-state index in [0.717, 1.165) is 24.1 Å². The molecule has 1 saturated heterocycles. The number of fused-ring (bicyclic) bond motifs is 1. The van der Waals surface area contributed by atoms with Gasteiger partial charge in [-0.2, -0.15) is 0 Å². The number of carbonyl (C=O) groups excluding carboxylic acids is 1. The topological polar surface area (TPSA) is 47.6 Å². The quantitative estimate of drug-likeness (QED) is 0.872. The molecule has 1 aliphatic carbocycles.